The van der Waals surface area contributed by atoms with E-state index in [0.717, 1.165) is 0 Å². The Morgan fingerprint density at radius 1 is 1.75 bits per heavy atom. The van der Waals surface area contributed by atoms with E-state index in [1.165, 1.54) is 13.3 Å². The van der Waals surface area contributed by atoms with Gasteiger partial charge in [-0.25, -0.2) is 0 Å². The minimum Gasteiger partial charge on any atom is -0.494 e. The maximum atomic E-state index is 8.37. The number of ether oxygens (including phenoxy) is 1. The molecule has 0 radical (unpaired) electrons. The second-order valence-corrected chi connectivity index (χ2v) is 2.55. The molecule has 0 bridgehead atoms. The zero-order chi connectivity index (χ0) is 8.97. The Hall–Kier alpha value is -1.27. The highest BCUT2D eigenvalue weighted by atomic mass is 35.5. The summed E-state index contributed by atoms with van der Waals surface area (Å²) in [6.07, 6.45) is 1.78. The topological polar surface area (TPSA) is 45.9 Å². The molecule has 3 nitrogen and oxygen atoms in total. The lowest BCUT2D eigenvalue weighted by molar-refractivity contribution is 0.413. The van der Waals surface area contributed by atoms with Crippen LogP contribution in [0.5, 0.6) is 5.75 Å². The zero-order valence-electron chi connectivity index (χ0n) is 6.54. The summed E-state index contributed by atoms with van der Waals surface area (Å²) in [6.45, 7) is 0. The van der Waals surface area contributed by atoms with Crippen LogP contribution < -0.4 is 4.74 Å². The van der Waals surface area contributed by atoms with Crippen LogP contribution in [0, 0.1) is 11.3 Å². The molecule has 0 N–H and O–H groups in total. The maximum Gasteiger partial charge on any atom is 0.155 e. The molecule has 1 aromatic rings. The first kappa shape index (κ1) is 8.82. The summed E-state index contributed by atoms with van der Waals surface area (Å²) in [6, 6.07) is 3.62. The van der Waals surface area contributed by atoms with E-state index in [4.69, 9.17) is 21.6 Å². The van der Waals surface area contributed by atoms with E-state index in [0.29, 0.717) is 16.5 Å². The second kappa shape index (κ2) is 3.93. The molecular weight excluding hydrogens is 176 g/mol. The molecule has 12 heavy (non-hydrogen) atoms. The van der Waals surface area contributed by atoms with Crippen molar-refractivity contribution in [2.75, 3.05) is 7.11 Å². The lowest BCUT2D eigenvalue weighted by Crippen LogP contribution is -1.90. The van der Waals surface area contributed by atoms with Crippen molar-refractivity contribution >= 4 is 11.6 Å². The van der Waals surface area contributed by atoms with Gasteiger partial charge in [0.15, 0.2) is 5.75 Å². The van der Waals surface area contributed by atoms with Crippen LogP contribution >= 0.6 is 11.6 Å². The Morgan fingerprint density at radius 3 is 3.00 bits per heavy atom. The molecule has 1 aromatic heterocycles. The molecule has 0 saturated carbocycles. The summed E-state index contributed by atoms with van der Waals surface area (Å²) in [5.41, 5.74) is 0.656. The van der Waals surface area contributed by atoms with Gasteiger partial charge in [0.05, 0.1) is 36.5 Å². The summed E-state index contributed by atoms with van der Waals surface area (Å²) in [7, 11) is 1.52. The molecule has 0 atom stereocenters. The fourth-order valence-electron chi connectivity index (χ4n) is 0.786. The van der Waals surface area contributed by atoms with Gasteiger partial charge in [0.25, 0.3) is 0 Å². The molecule has 0 aliphatic rings. The van der Waals surface area contributed by atoms with Gasteiger partial charge in [-0.1, -0.05) is 11.6 Å². The molecule has 0 saturated heterocycles. The van der Waals surface area contributed by atoms with E-state index in [-0.39, 0.29) is 6.42 Å². The van der Waals surface area contributed by atoms with Crippen molar-refractivity contribution in [3.05, 3.63) is 23.0 Å². The highest BCUT2D eigenvalue weighted by molar-refractivity contribution is 6.32. The molecule has 4 heteroatoms. The van der Waals surface area contributed by atoms with Gasteiger partial charge in [-0.3, -0.25) is 4.98 Å². The smallest absolute Gasteiger partial charge is 0.155 e. The summed E-state index contributed by atoms with van der Waals surface area (Å²) < 4.78 is 4.90. The summed E-state index contributed by atoms with van der Waals surface area (Å²) in [5.74, 6) is 0.526. The number of aromatic nitrogens is 1. The van der Waals surface area contributed by atoms with Crippen LogP contribution in [-0.4, -0.2) is 12.1 Å². The van der Waals surface area contributed by atoms with Gasteiger partial charge < -0.3 is 4.74 Å². The minimum atomic E-state index is 0.268. The highest BCUT2D eigenvalue weighted by Gasteiger charge is 2.01. The first-order valence-electron chi connectivity index (χ1n) is 3.33. The van der Waals surface area contributed by atoms with Crippen LogP contribution in [0.4, 0.5) is 0 Å². The van der Waals surface area contributed by atoms with Crippen LogP contribution in [0.15, 0.2) is 12.3 Å². The number of hydrogen-bond donors (Lipinski definition) is 0. The van der Waals surface area contributed by atoms with E-state index < -0.39 is 0 Å². The SMILES string of the molecule is COc1cnc(CC#N)cc1Cl. The third kappa shape index (κ3) is 1.86. The predicted octanol–water partition coefficient (Wildman–Crippen LogP) is 1.81. The van der Waals surface area contributed by atoms with Gasteiger partial charge in [-0.2, -0.15) is 5.26 Å². The van der Waals surface area contributed by atoms with E-state index in [2.05, 4.69) is 4.98 Å². The summed E-state index contributed by atoms with van der Waals surface area (Å²) >= 11 is 5.79. The zero-order valence-corrected chi connectivity index (χ0v) is 7.30. The molecular formula is C8H7ClN2O. The number of methoxy groups -OCH3 is 1. The van der Waals surface area contributed by atoms with E-state index >= 15 is 0 Å². The molecule has 0 unspecified atom stereocenters. The molecule has 0 aliphatic heterocycles. The standard InChI is InChI=1S/C8H7ClN2O/c1-12-8-5-11-6(2-3-10)4-7(8)9/h4-5H,2H2,1H3. The van der Waals surface area contributed by atoms with Gasteiger partial charge in [0.1, 0.15) is 0 Å². The van der Waals surface area contributed by atoms with E-state index in [1.54, 1.807) is 6.07 Å². The number of hydrogen-bond acceptors (Lipinski definition) is 3. The van der Waals surface area contributed by atoms with Crippen molar-refractivity contribution in [1.82, 2.24) is 4.98 Å². The van der Waals surface area contributed by atoms with Gasteiger partial charge in [0.2, 0.25) is 0 Å². The van der Waals surface area contributed by atoms with Crippen LogP contribution in [0.25, 0.3) is 0 Å². The van der Waals surface area contributed by atoms with Gasteiger partial charge in [-0.15, -0.1) is 0 Å². The lowest BCUT2D eigenvalue weighted by atomic mass is 10.3. The average molecular weight is 183 g/mol. The van der Waals surface area contributed by atoms with E-state index in [1.807, 2.05) is 6.07 Å². The maximum absolute atomic E-state index is 8.37. The summed E-state index contributed by atoms with van der Waals surface area (Å²) in [5, 5.41) is 8.86. The fourth-order valence-corrected chi connectivity index (χ4v) is 1.04. The molecule has 0 fully saturated rings. The first-order chi connectivity index (χ1) is 5.77. The Labute approximate surface area is 75.6 Å². The minimum absolute atomic E-state index is 0.268. The van der Waals surface area contributed by atoms with Crippen molar-refractivity contribution in [3.63, 3.8) is 0 Å². The van der Waals surface area contributed by atoms with Crippen molar-refractivity contribution < 1.29 is 4.74 Å². The molecule has 0 aromatic carbocycles. The van der Waals surface area contributed by atoms with Crippen molar-refractivity contribution in [3.8, 4) is 11.8 Å². The summed E-state index contributed by atoms with van der Waals surface area (Å²) in [4.78, 5) is 3.97. The van der Waals surface area contributed by atoms with Crippen molar-refractivity contribution in [1.29, 1.82) is 5.26 Å². The molecule has 1 rings (SSSR count). The monoisotopic (exact) mass is 182 g/mol. The van der Waals surface area contributed by atoms with E-state index in [9.17, 15) is 0 Å². The molecule has 0 spiro atoms. The number of rotatable bonds is 2. The average Bonchev–Trinajstić information content (AvgIpc) is 2.05. The molecule has 1 heterocycles. The second-order valence-electron chi connectivity index (χ2n) is 2.15. The molecule has 62 valence electrons. The largest absolute Gasteiger partial charge is 0.494 e. The molecule has 0 aliphatic carbocycles. The van der Waals surface area contributed by atoms with Crippen LogP contribution in [-0.2, 0) is 6.42 Å². The number of nitriles is 1. The van der Waals surface area contributed by atoms with Gasteiger partial charge in [-0.05, 0) is 6.07 Å². The predicted molar refractivity (Wildman–Crippen MR) is 45.1 cm³/mol. The highest BCUT2D eigenvalue weighted by Crippen LogP contribution is 2.22. The lowest BCUT2D eigenvalue weighted by Gasteiger charge is -2.01. The quantitative estimate of drug-likeness (QED) is 0.701. The van der Waals surface area contributed by atoms with Gasteiger partial charge in [0, 0.05) is 0 Å². The van der Waals surface area contributed by atoms with Crippen molar-refractivity contribution in [2.24, 2.45) is 0 Å². The Morgan fingerprint density at radius 2 is 2.50 bits per heavy atom. The first-order valence-corrected chi connectivity index (χ1v) is 3.71. The van der Waals surface area contributed by atoms with Gasteiger partial charge >= 0.3 is 0 Å². The van der Waals surface area contributed by atoms with Crippen LogP contribution in [0.3, 0.4) is 0 Å². The Bertz CT molecular complexity index is 319. The third-order valence-corrected chi connectivity index (χ3v) is 1.65. The Balaban J connectivity index is 2.95. The van der Waals surface area contributed by atoms with Crippen LogP contribution in [0.1, 0.15) is 5.69 Å². The number of nitrogens with zero attached hydrogens (tertiary/aromatic N) is 2. The van der Waals surface area contributed by atoms with Crippen molar-refractivity contribution in [2.45, 2.75) is 6.42 Å². The fraction of sp³-hybridized carbons (Fsp3) is 0.250. The number of halogens is 1. The third-order valence-electron chi connectivity index (χ3n) is 1.36. The van der Waals surface area contributed by atoms with Crippen LogP contribution in [0.2, 0.25) is 5.02 Å². The number of pyridine rings is 1. The normalized spacial score (nSPS) is 9.08. The molecule has 0 amide bonds. The Kier molecular flexibility index (Phi) is 2.89.